The fourth-order valence-corrected chi connectivity index (χ4v) is 1.14. The van der Waals surface area contributed by atoms with Crippen LogP contribution in [-0.2, 0) is 0 Å². The smallest absolute Gasteiger partial charge is 0.388 e. The van der Waals surface area contributed by atoms with E-state index in [9.17, 15) is 22.7 Å². The molecule has 0 fully saturated rings. The third kappa shape index (κ3) is 3.66. The normalized spacial score (nSPS) is 14.9. The summed E-state index contributed by atoms with van der Waals surface area (Å²) in [6.45, 7) is 0. The van der Waals surface area contributed by atoms with E-state index in [1.807, 2.05) is 0 Å². The Labute approximate surface area is 90.0 Å². The molecule has 0 heterocycles. The maximum Gasteiger partial charge on any atom is 0.442 e. The molecular formula is C11H10F4O. The molecule has 0 aliphatic heterocycles. The van der Waals surface area contributed by atoms with Crippen molar-refractivity contribution in [2.24, 2.45) is 0 Å². The van der Waals surface area contributed by atoms with Crippen LogP contribution in [0.2, 0.25) is 0 Å². The Morgan fingerprint density at radius 2 is 1.81 bits per heavy atom. The van der Waals surface area contributed by atoms with Crippen LogP contribution in [-0.4, -0.2) is 11.3 Å². The predicted octanol–water partition coefficient (Wildman–Crippen LogP) is 3.53. The molecule has 1 atom stereocenters. The molecule has 0 saturated heterocycles. The van der Waals surface area contributed by atoms with Crippen LogP contribution >= 0.6 is 0 Å². The highest BCUT2D eigenvalue weighted by Crippen LogP contribution is 2.28. The van der Waals surface area contributed by atoms with Gasteiger partial charge in [-0.2, -0.15) is 13.2 Å². The fourth-order valence-electron chi connectivity index (χ4n) is 1.14. The van der Waals surface area contributed by atoms with Crippen LogP contribution in [0.3, 0.4) is 0 Å². The van der Waals surface area contributed by atoms with Gasteiger partial charge in [0.1, 0.15) is 0 Å². The lowest BCUT2D eigenvalue weighted by Gasteiger charge is -2.08. The van der Waals surface area contributed by atoms with Crippen molar-refractivity contribution in [2.45, 2.75) is 18.7 Å². The van der Waals surface area contributed by atoms with Gasteiger partial charge in [0.05, 0.1) is 6.10 Å². The Morgan fingerprint density at radius 3 is 2.31 bits per heavy atom. The first-order valence-corrected chi connectivity index (χ1v) is 4.57. The number of aliphatic hydroxyl groups is 1. The van der Waals surface area contributed by atoms with Gasteiger partial charge in [-0.15, -0.1) is 0 Å². The number of rotatable bonds is 3. The van der Waals surface area contributed by atoms with Gasteiger partial charge in [-0.05, 0) is 18.1 Å². The Hall–Kier alpha value is -1.36. The van der Waals surface area contributed by atoms with Gasteiger partial charge >= 0.3 is 6.18 Å². The van der Waals surface area contributed by atoms with E-state index in [0.717, 1.165) is 0 Å². The van der Waals surface area contributed by atoms with E-state index in [4.69, 9.17) is 0 Å². The third-order valence-electron chi connectivity index (χ3n) is 1.98. The molecule has 5 heteroatoms. The predicted molar refractivity (Wildman–Crippen MR) is 51.3 cm³/mol. The van der Waals surface area contributed by atoms with Crippen molar-refractivity contribution < 1.29 is 22.7 Å². The SMILES string of the molecule is OC(C/C=C(/F)C(F)(F)F)c1ccccc1. The van der Waals surface area contributed by atoms with Crippen molar-refractivity contribution in [2.75, 3.05) is 0 Å². The first-order valence-electron chi connectivity index (χ1n) is 4.57. The van der Waals surface area contributed by atoms with Crippen LogP contribution in [0.5, 0.6) is 0 Å². The van der Waals surface area contributed by atoms with Gasteiger partial charge in [-0.25, -0.2) is 4.39 Å². The molecule has 1 aromatic carbocycles. The molecule has 1 rings (SSSR count). The molecule has 0 radical (unpaired) electrons. The lowest BCUT2D eigenvalue weighted by Crippen LogP contribution is -2.08. The highest BCUT2D eigenvalue weighted by molar-refractivity contribution is 5.18. The summed E-state index contributed by atoms with van der Waals surface area (Å²) in [5.41, 5.74) is 0.453. The molecule has 16 heavy (non-hydrogen) atoms. The summed E-state index contributed by atoms with van der Waals surface area (Å²) in [5, 5.41) is 9.46. The Morgan fingerprint density at radius 1 is 1.25 bits per heavy atom. The number of hydrogen-bond acceptors (Lipinski definition) is 1. The first kappa shape index (κ1) is 12.7. The van der Waals surface area contributed by atoms with Crippen LogP contribution in [0.25, 0.3) is 0 Å². The van der Waals surface area contributed by atoms with E-state index in [1.54, 1.807) is 30.3 Å². The van der Waals surface area contributed by atoms with Crippen LogP contribution < -0.4 is 0 Å². The zero-order valence-electron chi connectivity index (χ0n) is 8.21. The van der Waals surface area contributed by atoms with E-state index in [0.29, 0.717) is 11.6 Å². The second kappa shape index (κ2) is 5.12. The summed E-state index contributed by atoms with van der Waals surface area (Å²) in [5.74, 6) is -2.18. The minimum absolute atomic E-state index is 0.345. The maximum absolute atomic E-state index is 12.4. The number of hydrogen-bond donors (Lipinski definition) is 1. The van der Waals surface area contributed by atoms with Gasteiger partial charge in [0.25, 0.3) is 0 Å². The number of allylic oxidation sites excluding steroid dienone is 1. The molecule has 0 aliphatic carbocycles. The van der Waals surface area contributed by atoms with E-state index < -0.39 is 24.5 Å². The summed E-state index contributed by atoms with van der Waals surface area (Å²) < 4.78 is 47.7. The molecule has 0 amide bonds. The molecule has 0 aromatic heterocycles. The van der Waals surface area contributed by atoms with Gasteiger partial charge in [0.2, 0.25) is 0 Å². The van der Waals surface area contributed by atoms with Crippen molar-refractivity contribution in [3.63, 3.8) is 0 Å². The average Bonchev–Trinajstić information content (AvgIpc) is 2.25. The first-order chi connectivity index (χ1) is 7.41. The van der Waals surface area contributed by atoms with Crippen molar-refractivity contribution >= 4 is 0 Å². The fraction of sp³-hybridized carbons (Fsp3) is 0.273. The van der Waals surface area contributed by atoms with Gasteiger partial charge < -0.3 is 5.11 Å². The van der Waals surface area contributed by atoms with E-state index in [-0.39, 0.29) is 0 Å². The molecule has 0 bridgehead atoms. The quantitative estimate of drug-likeness (QED) is 0.793. The monoisotopic (exact) mass is 234 g/mol. The topological polar surface area (TPSA) is 20.2 Å². The molecule has 0 aliphatic rings. The number of benzene rings is 1. The Balaban J connectivity index is 2.63. The Bertz CT molecular complexity index is 356. The highest BCUT2D eigenvalue weighted by Gasteiger charge is 2.34. The molecule has 88 valence electrons. The minimum atomic E-state index is -4.98. The number of aliphatic hydroxyl groups excluding tert-OH is 1. The average molecular weight is 234 g/mol. The summed E-state index contributed by atoms with van der Waals surface area (Å²) >= 11 is 0. The standard InChI is InChI=1S/C11H10F4O/c12-10(11(13,14)15)7-6-9(16)8-4-2-1-3-5-8/h1-5,7,9,16H,6H2/b10-7+. The van der Waals surface area contributed by atoms with Crippen LogP contribution in [0.15, 0.2) is 42.2 Å². The zero-order chi connectivity index (χ0) is 12.2. The van der Waals surface area contributed by atoms with Gasteiger partial charge in [-0.3, -0.25) is 0 Å². The lowest BCUT2D eigenvalue weighted by atomic mass is 10.1. The summed E-state index contributed by atoms with van der Waals surface area (Å²) in [4.78, 5) is 0. The summed E-state index contributed by atoms with van der Waals surface area (Å²) in [6, 6.07) is 8.11. The summed E-state index contributed by atoms with van der Waals surface area (Å²) in [7, 11) is 0. The number of halogens is 4. The largest absolute Gasteiger partial charge is 0.442 e. The van der Waals surface area contributed by atoms with Crippen LogP contribution in [0.4, 0.5) is 17.6 Å². The van der Waals surface area contributed by atoms with Crippen molar-refractivity contribution in [1.29, 1.82) is 0 Å². The highest BCUT2D eigenvalue weighted by atomic mass is 19.4. The molecule has 1 aromatic rings. The van der Waals surface area contributed by atoms with Gasteiger partial charge in [-0.1, -0.05) is 30.3 Å². The second-order valence-corrected chi connectivity index (χ2v) is 3.21. The summed E-state index contributed by atoms with van der Waals surface area (Å²) in [6.07, 6.45) is -6.17. The molecule has 0 saturated carbocycles. The lowest BCUT2D eigenvalue weighted by molar-refractivity contribution is -0.109. The van der Waals surface area contributed by atoms with E-state index >= 15 is 0 Å². The second-order valence-electron chi connectivity index (χ2n) is 3.21. The van der Waals surface area contributed by atoms with Gasteiger partial charge in [0.15, 0.2) is 5.83 Å². The van der Waals surface area contributed by atoms with Crippen molar-refractivity contribution in [1.82, 2.24) is 0 Å². The van der Waals surface area contributed by atoms with Crippen molar-refractivity contribution in [3.8, 4) is 0 Å². The third-order valence-corrected chi connectivity index (χ3v) is 1.98. The molecule has 1 N–H and O–H groups in total. The molecule has 1 nitrogen and oxygen atoms in total. The Kier molecular flexibility index (Phi) is 4.06. The number of alkyl halides is 3. The van der Waals surface area contributed by atoms with Gasteiger partial charge in [0, 0.05) is 0 Å². The van der Waals surface area contributed by atoms with E-state index in [2.05, 4.69) is 0 Å². The molecule has 0 spiro atoms. The molecular weight excluding hydrogens is 224 g/mol. The van der Waals surface area contributed by atoms with Crippen LogP contribution in [0.1, 0.15) is 18.1 Å². The zero-order valence-corrected chi connectivity index (χ0v) is 8.21. The van der Waals surface area contributed by atoms with Crippen molar-refractivity contribution in [3.05, 3.63) is 47.8 Å². The van der Waals surface area contributed by atoms with Crippen LogP contribution in [0, 0.1) is 0 Å². The maximum atomic E-state index is 12.4. The van der Waals surface area contributed by atoms with E-state index in [1.165, 1.54) is 0 Å². The molecule has 1 unspecified atom stereocenters. The minimum Gasteiger partial charge on any atom is -0.388 e.